The third kappa shape index (κ3) is 41.6. The van der Waals surface area contributed by atoms with E-state index in [-0.39, 0.29) is 19.4 Å². The van der Waals surface area contributed by atoms with Crippen LogP contribution in [0.4, 0.5) is 0 Å². The fourth-order valence-corrected chi connectivity index (χ4v) is 9.24. The average molecular weight is 1090 g/mol. The highest BCUT2D eigenvalue weighted by Gasteiger charge is 2.47. The van der Waals surface area contributed by atoms with E-state index in [1.807, 2.05) is 6.08 Å². The molecule has 0 radical (unpaired) electrons. The van der Waals surface area contributed by atoms with Gasteiger partial charge in [0.1, 0.15) is 24.4 Å². The van der Waals surface area contributed by atoms with Gasteiger partial charge < -0.3 is 45.1 Å². The lowest BCUT2D eigenvalue weighted by Gasteiger charge is -2.41. The Balaban J connectivity index is 2.70. The number of amides is 1. The molecule has 0 aromatic rings. The van der Waals surface area contributed by atoms with Crippen molar-refractivity contribution in [3.05, 3.63) is 97.2 Å². The predicted molar refractivity (Wildman–Crippen MR) is 324 cm³/mol. The fraction of sp³-hybridized carbons (Fsp3) is 0.731. The summed E-state index contributed by atoms with van der Waals surface area (Å²) in [5.74, 6) is -1.24. The smallest absolute Gasteiger partial charge is 0.306 e. The first-order valence-electron chi connectivity index (χ1n) is 31.5. The fourth-order valence-electron chi connectivity index (χ4n) is 9.24. The van der Waals surface area contributed by atoms with Gasteiger partial charge in [-0.25, -0.2) is 0 Å². The maximum absolute atomic E-state index is 13.4. The van der Waals surface area contributed by atoms with Crippen molar-refractivity contribution >= 4 is 11.9 Å². The molecule has 1 heterocycles. The van der Waals surface area contributed by atoms with E-state index in [1.165, 1.54) is 103 Å². The monoisotopic (exact) mass is 1090 g/mol. The molecule has 448 valence electrons. The molecule has 0 aliphatic carbocycles. The second kappa shape index (κ2) is 54.2. The number of aliphatic hydroxyl groups is 5. The van der Waals surface area contributed by atoms with Crippen LogP contribution in [0.5, 0.6) is 0 Å². The molecule has 11 nitrogen and oxygen atoms in total. The summed E-state index contributed by atoms with van der Waals surface area (Å²) < 4.78 is 17.6. The van der Waals surface area contributed by atoms with Crippen molar-refractivity contribution in [2.45, 2.75) is 301 Å². The van der Waals surface area contributed by atoms with Crippen LogP contribution in [0.2, 0.25) is 0 Å². The first-order chi connectivity index (χ1) is 38.2. The van der Waals surface area contributed by atoms with E-state index in [0.717, 1.165) is 103 Å². The van der Waals surface area contributed by atoms with Crippen LogP contribution >= 0.6 is 0 Å². The Morgan fingerprint density at radius 1 is 0.513 bits per heavy atom. The number of aliphatic hydroxyl groups excluding tert-OH is 5. The van der Waals surface area contributed by atoms with Crippen molar-refractivity contribution < 1.29 is 49.3 Å². The highest BCUT2D eigenvalue weighted by molar-refractivity contribution is 5.80. The average Bonchev–Trinajstić information content (AvgIpc) is 3.45. The van der Waals surface area contributed by atoms with Crippen molar-refractivity contribution in [1.29, 1.82) is 0 Å². The van der Waals surface area contributed by atoms with Crippen molar-refractivity contribution in [2.24, 2.45) is 0 Å². The molecule has 0 spiro atoms. The van der Waals surface area contributed by atoms with E-state index in [1.54, 1.807) is 6.08 Å². The van der Waals surface area contributed by atoms with E-state index < -0.39 is 67.4 Å². The molecule has 0 saturated carbocycles. The summed E-state index contributed by atoms with van der Waals surface area (Å²) in [7, 11) is 0. The first-order valence-corrected chi connectivity index (χ1v) is 31.5. The Morgan fingerprint density at radius 2 is 0.923 bits per heavy atom. The number of unbranched alkanes of at least 4 members (excludes halogenated alkanes) is 24. The molecule has 8 atom stereocenters. The molecular formula is C67H115NO10. The molecule has 1 saturated heterocycles. The number of carbonyl (C=O) groups is 2. The number of rotatable bonds is 52. The summed E-state index contributed by atoms with van der Waals surface area (Å²) in [6, 6.07) is -1.04. The Labute approximate surface area is 475 Å². The minimum Gasteiger partial charge on any atom is -0.454 e. The maximum atomic E-state index is 13.4. The van der Waals surface area contributed by atoms with Gasteiger partial charge >= 0.3 is 5.97 Å². The Kier molecular flexibility index (Phi) is 50.4. The lowest BCUT2D eigenvalue weighted by atomic mass is 9.99. The third-order valence-electron chi connectivity index (χ3n) is 14.2. The predicted octanol–water partition coefficient (Wildman–Crippen LogP) is 15.1. The first kappa shape index (κ1) is 72.6. The summed E-state index contributed by atoms with van der Waals surface area (Å²) in [5, 5.41) is 57.0. The zero-order valence-corrected chi connectivity index (χ0v) is 49.5. The van der Waals surface area contributed by atoms with Crippen LogP contribution in [0.1, 0.15) is 252 Å². The molecule has 1 aliphatic heterocycles. The maximum Gasteiger partial charge on any atom is 0.306 e. The van der Waals surface area contributed by atoms with Crippen LogP contribution in [0.25, 0.3) is 0 Å². The Hall–Kier alpha value is -3.42. The zero-order valence-electron chi connectivity index (χ0n) is 49.5. The van der Waals surface area contributed by atoms with Gasteiger partial charge in [-0.1, -0.05) is 240 Å². The lowest BCUT2D eigenvalue weighted by Crippen LogP contribution is -2.61. The molecule has 1 aliphatic rings. The molecule has 6 N–H and O–H groups in total. The van der Waals surface area contributed by atoms with Crippen molar-refractivity contribution in [1.82, 2.24) is 5.32 Å². The van der Waals surface area contributed by atoms with Gasteiger partial charge in [0.15, 0.2) is 12.4 Å². The quantitative estimate of drug-likeness (QED) is 0.0195. The summed E-state index contributed by atoms with van der Waals surface area (Å²) in [4.78, 5) is 26.6. The van der Waals surface area contributed by atoms with Gasteiger partial charge in [0.2, 0.25) is 5.91 Å². The van der Waals surface area contributed by atoms with E-state index >= 15 is 0 Å². The van der Waals surface area contributed by atoms with Gasteiger partial charge in [-0.05, 0) is 103 Å². The minimum atomic E-state index is -1.63. The Morgan fingerprint density at radius 3 is 1.41 bits per heavy atom. The normalized spacial score (nSPS) is 19.6. The van der Waals surface area contributed by atoms with E-state index in [4.69, 9.17) is 14.2 Å². The van der Waals surface area contributed by atoms with Crippen LogP contribution in [-0.2, 0) is 23.8 Å². The van der Waals surface area contributed by atoms with Crippen LogP contribution in [0.15, 0.2) is 97.2 Å². The summed E-state index contributed by atoms with van der Waals surface area (Å²) in [5.41, 5.74) is 0. The van der Waals surface area contributed by atoms with Crippen LogP contribution in [0, 0.1) is 0 Å². The molecule has 0 aromatic heterocycles. The number of carbonyl (C=O) groups excluding carboxylic acids is 2. The Bertz CT molecular complexity index is 1630. The van der Waals surface area contributed by atoms with Gasteiger partial charge in [-0.15, -0.1) is 0 Å². The summed E-state index contributed by atoms with van der Waals surface area (Å²) >= 11 is 0. The van der Waals surface area contributed by atoms with Crippen molar-refractivity contribution in [2.75, 3.05) is 13.2 Å². The second-order valence-electron chi connectivity index (χ2n) is 21.4. The number of esters is 1. The second-order valence-corrected chi connectivity index (χ2v) is 21.4. The van der Waals surface area contributed by atoms with Gasteiger partial charge in [0.25, 0.3) is 0 Å². The molecule has 1 amide bonds. The summed E-state index contributed by atoms with van der Waals surface area (Å²) in [6.07, 6.45) is 61.5. The minimum absolute atomic E-state index is 0.0796. The van der Waals surface area contributed by atoms with Crippen molar-refractivity contribution in [3.63, 3.8) is 0 Å². The van der Waals surface area contributed by atoms with Crippen molar-refractivity contribution in [3.8, 4) is 0 Å². The van der Waals surface area contributed by atoms with Crippen LogP contribution < -0.4 is 5.32 Å². The molecular weight excluding hydrogens is 979 g/mol. The largest absolute Gasteiger partial charge is 0.454 e. The van der Waals surface area contributed by atoms with E-state index in [9.17, 15) is 35.1 Å². The standard InChI is InChI=1S/C67H115NO10/c1-4-7-10-13-16-19-22-25-27-29-31-33-35-37-40-43-46-49-52-55-62(72)78-65-64(74)63(73)61(56-69)77-67(65)76-57-58(59(70)53-50-47-44-41-38-24-21-18-15-12-9-6-3)68-66(75)60(71)54-51-48-45-42-39-36-34-32-30-28-26-23-20-17-14-11-8-5-2/h7,10,16-17,19-20,25-28,31,33,37,40,50,53,58-61,63-65,67,69-71,73-74H,4-6,8-9,11-15,18,21-24,29-30,32,34-36,38-39,41-49,51-52,54-57H2,1-3H3,(H,68,75)/b10-7-,19-16-,20-17-,27-25-,28-26-,33-31-,40-37-,53-50+. The number of hydrogen-bond donors (Lipinski definition) is 6. The highest BCUT2D eigenvalue weighted by Crippen LogP contribution is 2.26. The molecule has 11 heteroatoms. The summed E-state index contributed by atoms with van der Waals surface area (Å²) in [6.45, 7) is 5.63. The van der Waals surface area contributed by atoms with E-state index in [0.29, 0.717) is 12.8 Å². The molecule has 8 unspecified atom stereocenters. The zero-order chi connectivity index (χ0) is 56.8. The van der Waals surface area contributed by atoms with E-state index in [2.05, 4.69) is 111 Å². The van der Waals surface area contributed by atoms with Gasteiger partial charge in [-0.2, -0.15) is 0 Å². The highest BCUT2D eigenvalue weighted by atomic mass is 16.7. The number of nitrogens with one attached hydrogen (secondary N) is 1. The number of ether oxygens (including phenoxy) is 3. The lowest BCUT2D eigenvalue weighted by molar-refractivity contribution is -0.305. The molecule has 1 rings (SSSR count). The molecule has 0 bridgehead atoms. The van der Waals surface area contributed by atoms with Crippen LogP contribution in [0.3, 0.4) is 0 Å². The SMILES string of the molecule is CC/C=C\C/C=C\C/C=C\C/C=C\C/C=C\CCCCCC(=O)OC1C(OCC(NC(=O)C(O)CCCCCCCCCC/C=C\C/C=C\CCCCC)C(O)/C=C/CCCCCCCCCCCC)OC(CO)C(O)C1O. The number of hydrogen-bond acceptors (Lipinski definition) is 10. The molecule has 0 aromatic carbocycles. The molecule has 1 fully saturated rings. The van der Waals surface area contributed by atoms with Crippen LogP contribution in [-0.4, -0.2) is 99.6 Å². The van der Waals surface area contributed by atoms with Gasteiger partial charge in [0, 0.05) is 6.42 Å². The van der Waals surface area contributed by atoms with Gasteiger partial charge in [0.05, 0.1) is 25.4 Å². The molecule has 78 heavy (non-hydrogen) atoms. The number of allylic oxidation sites excluding steroid dienone is 15. The third-order valence-corrected chi connectivity index (χ3v) is 14.2. The topological polar surface area (TPSA) is 175 Å². The van der Waals surface area contributed by atoms with Gasteiger partial charge in [-0.3, -0.25) is 9.59 Å².